The van der Waals surface area contributed by atoms with Gasteiger partial charge in [-0.2, -0.15) is 0 Å². The summed E-state index contributed by atoms with van der Waals surface area (Å²) in [5.41, 5.74) is 4.50. The second-order valence-electron chi connectivity index (χ2n) is 8.31. The molecule has 2 aromatic carbocycles. The van der Waals surface area contributed by atoms with Gasteiger partial charge >= 0.3 is 0 Å². The van der Waals surface area contributed by atoms with E-state index in [9.17, 15) is 8.78 Å². The number of benzene rings is 2. The Bertz CT molecular complexity index is 975. The molecule has 0 amide bonds. The van der Waals surface area contributed by atoms with Gasteiger partial charge in [0.1, 0.15) is 18.0 Å². The molecule has 0 saturated heterocycles. The van der Waals surface area contributed by atoms with Gasteiger partial charge in [-0.15, -0.1) is 0 Å². The fraction of sp³-hybridized carbons (Fsp3) is 0.423. The van der Waals surface area contributed by atoms with E-state index >= 15 is 0 Å². The van der Waals surface area contributed by atoms with Gasteiger partial charge in [0.2, 0.25) is 0 Å². The second-order valence-corrected chi connectivity index (χ2v) is 8.31. The first-order valence-electron chi connectivity index (χ1n) is 10.9. The summed E-state index contributed by atoms with van der Waals surface area (Å²) < 4.78 is 39.9. The van der Waals surface area contributed by atoms with Crippen LogP contribution in [0.5, 0.6) is 5.75 Å². The summed E-state index contributed by atoms with van der Waals surface area (Å²) in [6.45, 7) is 10.2. The molecule has 1 aliphatic heterocycles. The summed E-state index contributed by atoms with van der Waals surface area (Å²) in [5.74, 6) is -1.27. The van der Waals surface area contributed by atoms with Gasteiger partial charge in [-0.1, -0.05) is 32.0 Å². The summed E-state index contributed by atoms with van der Waals surface area (Å²) in [5, 5.41) is 0. The molecule has 0 N–H and O–H groups in total. The number of rotatable bonds is 8. The molecule has 5 heteroatoms. The lowest BCUT2D eigenvalue weighted by atomic mass is 9.88. The Morgan fingerprint density at radius 1 is 1.06 bits per heavy atom. The number of aliphatic imine (C=N–C) groups is 1. The minimum atomic E-state index is -0.833. The zero-order valence-corrected chi connectivity index (χ0v) is 19.0. The maximum absolute atomic E-state index is 14.2. The van der Waals surface area contributed by atoms with E-state index in [2.05, 4.69) is 32.0 Å². The van der Waals surface area contributed by atoms with E-state index < -0.39 is 17.2 Å². The van der Waals surface area contributed by atoms with Gasteiger partial charge in [0.15, 0.2) is 11.6 Å². The fourth-order valence-electron chi connectivity index (χ4n) is 4.17. The first kappa shape index (κ1) is 23.1. The molecule has 3 nitrogen and oxygen atoms in total. The van der Waals surface area contributed by atoms with Crippen molar-refractivity contribution in [1.82, 2.24) is 0 Å². The highest BCUT2D eigenvalue weighted by Gasteiger charge is 2.36. The van der Waals surface area contributed by atoms with Crippen molar-refractivity contribution in [3.8, 4) is 5.75 Å². The van der Waals surface area contributed by atoms with Crippen LogP contribution >= 0.6 is 0 Å². The van der Waals surface area contributed by atoms with Crippen LogP contribution in [-0.2, 0) is 17.6 Å². The van der Waals surface area contributed by atoms with Crippen LogP contribution in [0.4, 0.5) is 8.78 Å². The molecule has 0 aromatic heterocycles. The van der Waals surface area contributed by atoms with Gasteiger partial charge < -0.3 is 9.47 Å². The molecule has 31 heavy (non-hydrogen) atoms. The zero-order valence-electron chi connectivity index (χ0n) is 19.0. The topological polar surface area (TPSA) is 30.8 Å². The van der Waals surface area contributed by atoms with Crippen molar-refractivity contribution in [3.63, 3.8) is 0 Å². The molecular weight excluding hydrogens is 396 g/mol. The average Bonchev–Trinajstić information content (AvgIpc) is 2.72. The van der Waals surface area contributed by atoms with E-state index in [1.54, 1.807) is 0 Å². The molecule has 0 bridgehead atoms. The predicted octanol–water partition coefficient (Wildman–Crippen LogP) is 6.54. The number of hydrogen-bond donors (Lipinski definition) is 0. The highest BCUT2D eigenvalue weighted by molar-refractivity contribution is 5.92. The monoisotopic (exact) mass is 427 g/mol. The van der Waals surface area contributed by atoms with Gasteiger partial charge in [0, 0.05) is 23.8 Å². The van der Waals surface area contributed by atoms with Crippen LogP contribution in [0.3, 0.4) is 0 Å². The average molecular weight is 428 g/mol. The number of hydrogen-bond acceptors (Lipinski definition) is 3. The lowest BCUT2D eigenvalue weighted by Gasteiger charge is -2.36. The molecule has 1 atom stereocenters. The second kappa shape index (κ2) is 9.73. The molecule has 166 valence electrons. The van der Waals surface area contributed by atoms with Gasteiger partial charge in [0.25, 0.3) is 0 Å². The van der Waals surface area contributed by atoms with Gasteiger partial charge in [0.05, 0.1) is 11.8 Å². The Hall–Kier alpha value is -2.53. The van der Waals surface area contributed by atoms with Crippen LogP contribution in [0.25, 0.3) is 5.70 Å². The molecule has 0 saturated carbocycles. The van der Waals surface area contributed by atoms with Crippen molar-refractivity contribution in [2.24, 2.45) is 4.99 Å². The SMILES string of the molecule is CCc1cccc(CC)c1C1=CC(COc2cc(F)ccc2F)(OC(C)C)CC(C)=N1. The van der Waals surface area contributed by atoms with Crippen molar-refractivity contribution >= 4 is 11.4 Å². The number of ether oxygens (including phenoxy) is 2. The van der Waals surface area contributed by atoms with Crippen LogP contribution in [0.1, 0.15) is 57.7 Å². The summed E-state index contributed by atoms with van der Waals surface area (Å²) in [4.78, 5) is 4.87. The van der Waals surface area contributed by atoms with Crippen LogP contribution in [0.2, 0.25) is 0 Å². The third-order valence-electron chi connectivity index (χ3n) is 5.36. The minimum Gasteiger partial charge on any atom is -0.487 e. The summed E-state index contributed by atoms with van der Waals surface area (Å²) in [6.07, 6.45) is 4.21. The lowest BCUT2D eigenvalue weighted by molar-refractivity contribution is -0.0674. The molecule has 3 rings (SSSR count). The highest BCUT2D eigenvalue weighted by Crippen LogP contribution is 2.36. The van der Waals surface area contributed by atoms with Crippen molar-refractivity contribution in [1.29, 1.82) is 0 Å². The van der Waals surface area contributed by atoms with E-state index in [-0.39, 0.29) is 18.5 Å². The predicted molar refractivity (Wildman–Crippen MR) is 122 cm³/mol. The Kier molecular flexibility index (Phi) is 7.26. The highest BCUT2D eigenvalue weighted by atomic mass is 19.1. The Morgan fingerprint density at radius 3 is 2.35 bits per heavy atom. The standard InChI is InChI=1S/C26H31F2NO2/c1-6-19-9-8-10-20(7-2)25(19)23-15-26(31-17(3)4,14-18(5)29-23)16-30-24-13-21(27)11-12-22(24)28/h8-13,15,17H,6-7,14,16H2,1-5H3. The third-order valence-corrected chi connectivity index (χ3v) is 5.36. The van der Waals surface area contributed by atoms with E-state index in [0.717, 1.165) is 48.0 Å². The van der Waals surface area contributed by atoms with Gasteiger partial charge in [-0.25, -0.2) is 8.78 Å². The van der Waals surface area contributed by atoms with Crippen molar-refractivity contribution in [2.75, 3.05) is 6.61 Å². The maximum Gasteiger partial charge on any atom is 0.165 e. The van der Waals surface area contributed by atoms with Crippen LogP contribution < -0.4 is 4.74 Å². The van der Waals surface area contributed by atoms with Crippen LogP contribution in [-0.4, -0.2) is 24.0 Å². The van der Waals surface area contributed by atoms with Crippen molar-refractivity contribution in [3.05, 3.63) is 70.8 Å². The van der Waals surface area contributed by atoms with E-state index in [4.69, 9.17) is 14.5 Å². The Balaban J connectivity index is 2.05. The van der Waals surface area contributed by atoms with Crippen LogP contribution in [0, 0.1) is 11.6 Å². The Morgan fingerprint density at radius 2 is 1.74 bits per heavy atom. The minimum absolute atomic E-state index is 0.0532. The smallest absolute Gasteiger partial charge is 0.165 e. The lowest BCUT2D eigenvalue weighted by Crippen LogP contribution is -2.43. The van der Waals surface area contributed by atoms with Crippen LogP contribution in [0.15, 0.2) is 47.5 Å². The van der Waals surface area contributed by atoms with Gasteiger partial charge in [-0.05, 0) is 62.9 Å². The summed E-state index contributed by atoms with van der Waals surface area (Å²) in [7, 11) is 0. The molecule has 2 aromatic rings. The number of aryl methyl sites for hydroxylation is 2. The largest absolute Gasteiger partial charge is 0.487 e. The molecule has 1 unspecified atom stereocenters. The normalized spacial score (nSPS) is 18.7. The molecule has 1 aliphatic rings. The molecular formula is C26H31F2NO2. The summed E-state index contributed by atoms with van der Waals surface area (Å²) >= 11 is 0. The van der Waals surface area contributed by atoms with Crippen molar-refractivity contribution < 1.29 is 18.3 Å². The molecule has 0 spiro atoms. The molecule has 0 fully saturated rings. The Labute approximate surface area is 183 Å². The van der Waals surface area contributed by atoms with E-state index in [1.807, 2.05) is 26.8 Å². The molecule has 0 aliphatic carbocycles. The first-order valence-corrected chi connectivity index (χ1v) is 10.9. The van der Waals surface area contributed by atoms with E-state index in [0.29, 0.717) is 6.42 Å². The zero-order chi connectivity index (χ0) is 22.6. The van der Waals surface area contributed by atoms with E-state index in [1.165, 1.54) is 11.1 Å². The third kappa shape index (κ3) is 5.40. The van der Waals surface area contributed by atoms with Gasteiger partial charge in [-0.3, -0.25) is 4.99 Å². The quantitative estimate of drug-likeness (QED) is 0.479. The summed E-state index contributed by atoms with van der Waals surface area (Å²) in [6, 6.07) is 9.53. The molecule has 0 radical (unpaired) electrons. The van der Waals surface area contributed by atoms with Crippen molar-refractivity contribution in [2.45, 2.75) is 65.6 Å². The number of halogens is 2. The number of nitrogens with zero attached hydrogens (tertiary/aromatic N) is 1. The fourth-order valence-corrected chi connectivity index (χ4v) is 4.17. The maximum atomic E-state index is 14.2. The first-order chi connectivity index (χ1) is 14.8. The molecule has 1 heterocycles.